The Morgan fingerprint density at radius 3 is 2.36 bits per heavy atom. The molecule has 1 saturated carbocycles. The van der Waals surface area contributed by atoms with Gasteiger partial charge < -0.3 is 26.0 Å². The molecule has 4 N–H and O–H groups in total. The van der Waals surface area contributed by atoms with E-state index in [9.17, 15) is 24.3 Å². The number of aliphatic hydroxyl groups is 1. The minimum atomic E-state index is -2.10. The highest BCUT2D eigenvalue weighted by Gasteiger charge is 2.55. The molecule has 70 heavy (non-hydrogen) atoms. The molecule has 0 unspecified atom stereocenters. The number of nitrogens with zero attached hydrogens (tertiary/aromatic N) is 6. The predicted octanol–water partition coefficient (Wildman–Crippen LogP) is 8.02. The number of nitrogens with one attached hydrogen (secondary N) is 3. The van der Waals surface area contributed by atoms with Gasteiger partial charge in [-0.1, -0.05) is 60.8 Å². The van der Waals surface area contributed by atoms with Crippen molar-refractivity contribution >= 4 is 75.4 Å². The number of amides is 4. The molecular formula is C50H58ClF2N9O5S3. The summed E-state index contributed by atoms with van der Waals surface area (Å²) in [5, 5.41) is 29.5. The number of unbranched alkanes of at least 4 members (excludes halogenated alkanes) is 3. The first kappa shape index (κ1) is 51.3. The smallest absolute Gasteiger partial charge is 0.258 e. The van der Waals surface area contributed by atoms with Crippen molar-refractivity contribution in [3.8, 4) is 15.4 Å². The van der Waals surface area contributed by atoms with E-state index in [2.05, 4.69) is 45.0 Å². The van der Waals surface area contributed by atoms with Gasteiger partial charge in [-0.2, -0.15) is 11.8 Å². The van der Waals surface area contributed by atoms with Crippen LogP contribution in [0.4, 0.5) is 8.78 Å². The van der Waals surface area contributed by atoms with Gasteiger partial charge in [0.15, 0.2) is 17.7 Å². The molecular weight excluding hydrogens is 976 g/mol. The Kier molecular flexibility index (Phi) is 15.6. The Labute approximate surface area is 423 Å². The number of hydrogen-bond acceptors (Lipinski definition) is 12. The highest BCUT2D eigenvalue weighted by Crippen LogP contribution is 2.42. The normalized spacial score (nSPS) is 19.7. The fourth-order valence-corrected chi connectivity index (χ4v) is 12.2. The van der Waals surface area contributed by atoms with Crippen molar-refractivity contribution in [1.82, 2.24) is 40.6 Å². The summed E-state index contributed by atoms with van der Waals surface area (Å²) >= 11 is 10.8. The first-order chi connectivity index (χ1) is 33.4. The number of likely N-dealkylation sites (tertiary alicyclic amines) is 1. The lowest BCUT2D eigenvalue weighted by Gasteiger charge is -2.37. The number of carbonyl (C=O) groups excluding carboxylic acids is 4. The van der Waals surface area contributed by atoms with Gasteiger partial charge in [-0.05, 0) is 102 Å². The second kappa shape index (κ2) is 21.3. The third-order valence-electron chi connectivity index (χ3n) is 13.3. The Bertz CT molecular complexity index is 2770. The number of β-amino-alcohol motifs (C(OH)–C–C–N with tert-alkyl or cyclic N) is 1. The predicted molar refractivity (Wildman–Crippen MR) is 271 cm³/mol. The SMILES string of the molecule is Cc1ncsc1-c1ccc(CNC(=O)[C@@H]2[C@@H](F)[C@@H](O)CN2C(=O)[C@@H](NC(=O)C2(F)CC2)C(C)(C)SCCCCCCNC(=O)C[C@@H]2N=C(c3ccc(Cl)cc3)c3c(sc(C)c3C)-n3c(C)nnc32)cc1. The van der Waals surface area contributed by atoms with E-state index in [1.54, 1.807) is 30.7 Å². The van der Waals surface area contributed by atoms with Gasteiger partial charge in [-0.15, -0.1) is 32.9 Å². The van der Waals surface area contributed by atoms with Gasteiger partial charge in [-0.3, -0.25) is 28.7 Å². The summed E-state index contributed by atoms with van der Waals surface area (Å²) in [6.07, 6.45) is -0.544. The van der Waals surface area contributed by atoms with Crippen molar-refractivity contribution in [3.63, 3.8) is 0 Å². The van der Waals surface area contributed by atoms with Crippen molar-refractivity contribution in [2.45, 2.75) is 134 Å². The Balaban J connectivity index is 0.842. The fraction of sp³-hybridized carbons (Fsp3) is 0.480. The zero-order valence-corrected chi connectivity index (χ0v) is 43.2. The molecule has 2 aromatic carbocycles. The summed E-state index contributed by atoms with van der Waals surface area (Å²) in [5.41, 5.74) is 6.05. The number of fused-ring (bicyclic) bond motifs is 3. The minimum Gasteiger partial charge on any atom is -0.388 e. The van der Waals surface area contributed by atoms with Crippen molar-refractivity contribution in [2.75, 3.05) is 18.8 Å². The summed E-state index contributed by atoms with van der Waals surface area (Å²) in [4.78, 5) is 67.3. The molecule has 2 fully saturated rings. The Morgan fingerprint density at radius 1 is 0.971 bits per heavy atom. The van der Waals surface area contributed by atoms with E-state index in [4.69, 9.17) is 16.6 Å². The van der Waals surface area contributed by atoms with E-state index < -0.39 is 65.1 Å². The van der Waals surface area contributed by atoms with Crippen LogP contribution in [-0.4, -0.2) is 113 Å². The molecule has 14 nitrogen and oxygen atoms in total. The second-order valence-electron chi connectivity index (χ2n) is 18.8. The van der Waals surface area contributed by atoms with Crippen LogP contribution in [0.3, 0.4) is 0 Å². The van der Waals surface area contributed by atoms with Crippen LogP contribution >= 0.6 is 46.0 Å². The molecule has 372 valence electrons. The molecule has 5 aromatic rings. The van der Waals surface area contributed by atoms with Crippen LogP contribution in [0.15, 0.2) is 59.0 Å². The molecule has 3 aliphatic rings. The van der Waals surface area contributed by atoms with Crippen molar-refractivity contribution < 1.29 is 33.1 Å². The summed E-state index contributed by atoms with van der Waals surface area (Å²) in [5.74, 6) is -0.779. The topological polar surface area (TPSA) is 184 Å². The first-order valence-corrected chi connectivity index (χ1v) is 26.6. The molecule has 0 spiro atoms. The van der Waals surface area contributed by atoms with Crippen LogP contribution in [0.25, 0.3) is 15.4 Å². The van der Waals surface area contributed by atoms with Gasteiger partial charge >= 0.3 is 0 Å². The maximum absolute atomic E-state index is 15.7. The molecule has 3 aromatic heterocycles. The number of aromatic nitrogens is 4. The van der Waals surface area contributed by atoms with Crippen LogP contribution in [0.1, 0.15) is 109 Å². The average molecular weight is 1030 g/mol. The molecule has 4 amide bonds. The van der Waals surface area contributed by atoms with E-state index in [-0.39, 0.29) is 31.7 Å². The highest BCUT2D eigenvalue weighted by molar-refractivity contribution is 8.00. The van der Waals surface area contributed by atoms with Crippen molar-refractivity contribution in [3.05, 3.63) is 104 Å². The Morgan fingerprint density at radius 2 is 1.67 bits per heavy atom. The number of hydrogen-bond donors (Lipinski definition) is 4. The lowest BCUT2D eigenvalue weighted by molar-refractivity contribution is -0.143. The summed E-state index contributed by atoms with van der Waals surface area (Å²) < 4.78 is 31.8. The molecule has 5 heterocycles. The number of alkyl halides is 2. The van der Waals surface area contributed by atoms with E-state index in [0.29, 0.717) is 35.4 Å². The number of aliphatic imine (C=N–C) groups is 1. The molecule has 0 radical (unpaired) electrons. The molecule has 8 rings (SSSR count). The molecule has 1 saturated heterocycles. The number of rotatable bonds is 19. The quantitative estimate of drug-likeness (QED) is 0.0595. The maximum atomic E-state index is 15.7. The second-order valence-corrected chi connectivity index (χ2v) is 23.1. The summed E-state index contributed by atoms with van der Waals surface area (Å²) in [6.45, 7) is 11.5. The largest absolute Gasteiger partial charge is 0.388 e. The molecule has 5 atom stereocenters. The zero-order chi connectivity index (χ0) is 50.1. The highest BCUT2D eigenvalue weighted by atomic mass is 35.5. The zero-order valence-electron chi connectivity index (χ0n) is 40.0. The maximum Gasteiger partial charge on any atom is 0.258 e. The summed E-state index contributed by atoms with van der Waals surface area (Å²) in [6, 6.07) is 11.4. The third kappa shape index (κ3) is 11.0. The molecule has 2 aliphatic heterocycles. The van der Waals surface area contributed by atoms with Gasteiger partial charge in [0.2, 0.25) is 17.7 Å². The van der Waals surface area contributed by atoms with Gasteiger partial charge in [0.1, 0.15) is 35.1 Å². The fourth-order valence-electron chi connectivity index (χ4n) is 8.86. The number of carbonyl (C=O) groups is 4. The van der Waals surface area contributed by atoms with Crippen LogP contribution in [0.2, 0.25) is 5.02 Å². The number of aliphatic hydroxyl groups excluding tert-OH is 1. The van der Waals surface area contributed by atoms with Gasteiger partial charge in [-0.25, -0.2) is 13.8 Å². The molecule has 0 bridgehead atoms. The van der Waals surface area contributed by atoms with Crippen LogP contribution in [-0.2, 0) is 25.7 Å². The monoisotopic (exact) mass is 1030 g/mol. The van der Waals surface area contributed by atoms with Crippen LogP contribution < -0.4 is 16.0 Å². The van der Waals surface area contributed by atoms with Crippen LogP contribution in [0, 0.1) is 27.7 Å². The standard InChI is InChI=1S/C50H58ClF2N9O5S3/c1-27-29(3)70-47-38(27)40(32-15-17-34(51)18-16-32)57-35(44-60-59-30(4)62(44)47)23-37(64)54-21-9-7-8-10-22-69-49(5,6)43(58-48(67)50(53)19-20-50)46(66)61-25-36(63)39(52)41(61)45(65)55-24-31-11-13-33(14-12-31)42-28(2)56-26-68-42/h11-18,26,35-36,39,41,43,63H,7-10,19-25H2,1-6H3,(H,54,64)(H,55,65)(H,58,67)/t35-,36-,39-,41-,43+/m0/s1. The van der Waals surface area contributed by atoms with E-state index in [1.807, 2.05) is 66.9 Å². The van der Waals surface area contributed by atoms with Gasteiger partial charge in [0.05, 0.1) is 34.8 Å². The lowest BCUT2D eigenvalue weighted by Crippen LogP contribution is -2.61. The number of benzene rings is 2. The average Bonchev–Trinajstić information content (AvgIpc) is 3.51. The number of aryl methyl sites for hydroxylation is 3. The minimum absolute atomic E-state index is 0.0244. The summed E-state index contributed by atoms with van der Waals surface area (Å²) in [7, 11) is 0. The van der Waals surface area contributed by atoms with Gasteiger partial charge in [0.25, 0.3) is 5.91 Å². The number of thiazole rings is 1. The first-order valence-electron chi connectivity index (χ1n) is 23.5. The van der Waals surface area contributed by atoms with Crippen molar-refractivity contribution in [2.24, 2.45) is 4.99 Å². The van der Waals surface area contributed by atoms with Crippen molar-refractivity contribution in [1.29, 1.82) is 0 Å². The third-order valence-corrected chi connectivity index (χ3v) is 17.2. The van der Waals surface area contributed by atoms with Crippen LogP contribution in [0.5, 0.6) is 0 Å². The molecule has 1 aliphatic carbocycles. The van der Waals surface area contributed by atoms with Gasteiger partial charge in [0, 0.05) is 38.9 Å². The molecule has 20 heteroatoms. The lowest BCUT2D eigenvalue weighted by atomic mass is 9.99. The van der Waals surface area contributed by atoms with E-state index in [1.165, 1.54) is 23.1 Å². The Hall–Kier alpha value is -5.08. The van der Waals surface area contributed by atoms with E-state index >= 15 is 8.78 Å². The number of thioether (sulfide) groups is 1. The van der Waals surface area contributed by atoms with E-state index in [0.717, 1.165) is 78.1 Å². The number of thiophene rings is 1. The number of halogens is 3.